The van der Waals surface area contributed by atoms with Gasteiger partial charge in [-0.15, -0.1) is 0 Å². The third kappa shape index (κ3) is 1.84. The maximum Gasteiger partial charge on any atom is 0.0757 e. The fraction of sp³-hybridized carbons (Fsp3) is 0.556. The molecule has 1 aliphatic rings. The maximum atomic E-state index is 6.02. The molecule has 0 radical (unpaired) electrons. The Hall–Kier alpha value is -1.00. The summed E-state index contributed by atoms with van der Waals surface area (Å²) in [6.07, 6.45) is 6.08. The predicted octanol–water partition coefficient (Wildman–Crippen LogP) is 0.513. The van der Waals surface area contributed by atoms with E-state index in [0.29, 0.717) is 5.92 Å². The van der Waals surface area contributed by atoms with Crippen LogP contribution in [-0.2, 0) is 4.74 Å². The molecule has 1 aromatic rings. The van der Waals surface area contributed by atoms with Crippen molar-refractivity contribution in [2.75, 3.05) is 13.2 Å². The maximum absolute atomic E-state index is 6.02. The molecule has 2 atom stereocenters. The zero-order chi connectivity index (χ0) is 9.10. The van der Waals surface area contributed by atoms with Crippen LogP contribution in [0.15, 0.2) is 18.6 Å². The Morgan fingerprint density at radius 1 is 1.54 bits per heavy atom. The number of nitrogens with two attached hydrogens (primary N) is 1. The minimum Gasteiger partial charge on any atom is -0.381 e. The van der Waals surface area contributed by atoms with E-state index in [9.17, 15) is 0 Å². The molecule has 0 aliphatic carbocycles. The molecule has 0 spiro atoms. The van der Waals surface area contributed by atoms with E-state index in [2.05, 4.69) is 9.97 Å². The van der Waals surface area contributed by atoms with Gasteiger partial charge in [0.25, 0.3) is 0 Å². The normalized spacial score (nSPS) is 24.5. The molecular weight excluding hydrogens is 166 g/mol. The Kier molecular flexibility index (Phi) is 2.52. The first-order chi connectivity index (χ1) is 6.38. The Labute approximate surface area is 77.1 Å². The molecule has 70 valence electrons. The number of ether oxygens (including phenoxy) is 1. The fourth-order valence-corrected chi connectivity index (χ4v) is 1.56. The molecule has 0 saturated carbocycles. The standard InChI is InChI=1S/C9H13N3O/c10-9(7-1-4-13-6-7)8-5-11-2-3-12-8/h2-3,5,7,9H,1,4,6,10H2. The smallest absolute Gasteiger partial charge is 0.0757 e. The average Bonchev–Trinajstić information content (AvgIpc) is 2.71. The SMILES string of the molecule is NC(c1cnccn1)C1CCOC1. The van der Waals surface area contributed by atoms with Crippen molar-refractivity contribution < 1.29 is 4.74 Å². The molecule has 4 heteroatoms. The molecule has 1 saturated heterocycles. The van der Waals surface area contributed by atoms with Crippen LogP contribution in [-0.4, -0.2) is 23.2 Å². The Morgan fingerprint density at radius 3 is 3.08 bits per heavy atom. The first-order valence-electron chi connectivity index (χ1n) is 4.47. The van der Waals surface area contributed by atoms with Crippen LogP contribution < -0.4 is 5.73 Å². The lowest BCUT2D eigenvalue weighted by Crippen LogP contribution is -2.22. The minimum absolute atomic E-state index is 0.0313. The summed E-state index contributed by atoms with van der Waals surface area (Å²) in [6, 6.07) is -0.0313. The van der Waals surface area contributed by atoms with Crippen LogP contribution in [0.5, 0.6) is 0 Å². The summed E-state index contributed by atoms with van der Waals surface area (Å²) >= 11 is 0. The third-order valence-corrected chi connectivity index (χ3v) is 2.40. The molecule has 13 heavy (non-hydrogen) atoms. The lowest BCUT2D eigenvalue weighted by atomic mass is 9.97. The topological polar surface area (TPSA) is 61.0 Å². The van der Waals surface area contributed by atoms with Gasteiger partial charge in [-0.2, -0.15) is 0 Å². The van der Waals surface area contributed by atoms with Gasteiger partial charge in [-0.05, 0) is 6.42 Å². The van der Waals surface area contributed by atoms with Crippen LogP contribution in [0.1, 0.15) is 18.2 Å². The van der Waals surface area contributed by atoms with Gasteiger partial charge in [0.2, 0.25) is 0 Å². The largest absolute Gasteiger partial charge is 0.381 e. The average molecular weight is 179 g/mol. The van der Waals surface area contributed by atoms with Crippen molar-refractivity contribution in [3.8, 4) is 0 Å². The van der Waals surface area contributed by atoms with E-state index in [1.165, 1.54) is 0 Å². The van der Waals surface area contributed by atoms with Gasteiger partial charge in [0.1, 0.15) is 0 Å². The molecule has 4 nitrogen and oxygen atoms in total. The molecule has 0 amide bonds. The van der Waals surface area contributed by atoms with Crippen molar-refractivity contribution in [3.05, 3.63) is 24.3 Å². The third-order valence-electron chi connectivity index (χ3n) is 2.40. The molecule has 1 fully saturated rings. The van der Waals surface area contributed by atoms with E-state index < -0.39 is 0 Å². The van der Waals surface area contributed by atoms with Gasteiger partial charge in [0, 0.05) is 31.1 Å². The monoisotopic (exact) mass is 179 g/mol. The summed E-state index contributed by atoms with van der Waals surface area (Å²) in [5, 5.41) is 0. The second-order valence-electron chi connectivity index (χ2n) is 3.28. The highest BCUT2D eigenvalue weighted by Crippen LogP contribution is 2.24. The van der Waals surface area contributed by atoms with Gasteiger partial charge >= 0.3 is 0 Å². The van der Waals surface area contributed by atoms with Gasteiger partial charge in [0.15, 0.2) is 0 Å². The van der Waals surface area contributed by atoms with Gasteiger partial charge < -0.3 is 10.5 Å². The molecule has 2 N–H and O–H groups in total. The quantitative estimate of drug-likeness (QED) is 0.718. The summed E-state index contributed by atoms with van der Waals surface area (Å²) in [7, 11) is 0. The van der Waals surface area contributed by atoms with Crippen LogP contribution in [0.25, 0.3) is 0 Å². The number of aromatic nitrogens is 2. The molecular formula is C9H13N3O. The zero-order valence-corrected chi connectivity index (χ0v) is 7.39. The Bertz CT molecular complexity index is 259. The lowest BCUT2D eigenvalue weighted by Gasteiger charge is -2.15. The van der Waals surface area contributed by atoms with Crippen molar-refractivity contribution in [2.24, 2.45) is 11.7 Å². The Balaban J connectivity index is 2.08. The number of rotatable bonds is 2. The van der Waals surface area contributed by atoms with Crippen molar-refractivity contribution in [3.63, 3.8) is 0 Å². The highest BCUT2D eigenvalue weighted by Gasteiger charge is 2.24. The molecule has 0 bridgehead atoms. The Morgan fingerprint density at radius 2 is 2.46 bits per heavy atom. The van der Waals surface area contributed by atoms with Gasteiger partial charge in [0.05, 0.1) is 18.3 Å². The predicted molar refractivity (Wildman–Crippen MR) is 47.9 cm³/mol. The van der Waals surface area contributed by atoms with E-state index in [4.69, 9.17) is 10.5 Å². The van der Waals surface area contributed by atoms with Crippen LogP contribution in [0.4, 0.5) is 0 Å². The van der Waals surface area contributed by atoms with Gasteiger partial charge in [-0.1, -0.05) is 0 Å². The molecule has 2 rings (SSSR count). The molecule has 1 aliphatic heterocycles. The number of hydrogen-bond donors (Lipinski definition) is 1. The highest BCUT2D eigenvalue weighted by molar-refractivity contribution is 5.03. The zero-order valence-electron chi connectivity index (χ0n) is 7.39. The number of hydrogen-bond acceptors (Lipinski definition) is 4. The molecule has 1 aromatic heterocycles. The minimum atomic E-state index is -0.0313. The van der Waals surface area contributed by atoms with Crippen LogP contribution in [0.2, 0.25) is 0 Å². The summed E-state index contributed by atoms with van der Waals surface area (Å²) in [5.41, 5.74) is 6.88. The van der Waals surface area contributed by atoms with E-state index in [-0.39, 0.29) is 6.04 Å². The van der Waals surface area contributed by atoms with Crippen LogP contribution in [0.3, 0.4) is 0 Å². The van der Waals surface area contributed by atoms with E-state index in [0.717, 1.165) is 25.3 Å². The van der Waals surface area contributed by atoms with Gasteiger partial charge in [-0.3, -0.25) is 9.97 Å². The van der Waals surface area contributed by atoms with Crippen LogP contribution >= 0.6 is 0 Å². The second kappa shape index (κ2) is 3.81. The first kappa shape index (κ1) is 8.59. The van der Waals surface area contributed by atoms with Crippen LogP contribution in [0, 0.1) is 5.92 Å². The molecule has 2 unspecified atom stereocenters. The summed E-state index contributed by atoms with van der Waals surface area (Å²) in [6.45, 7) is 1.57. The second-order valence-corrected chi connectivity index (χ2v) is 3.28. The van der Waals surface area contributed by atoms with Crippen molar-refractivity contribution >= 4 is 0 Å². The highest BCUT2D eigenvalue weighted by atomic mass is 16.5. The van der Waals surface area contributed by atoms with E-state index in [1.54, 1.807) is 18.6 Å². The van der Waals surface area contributed by atoms with E-state index >= 15 is 0 Å². The van der Waals surface area contributed by atoms with Crippen molar-refractivity contribution in [2.45, 2.75) is 12.5 Å². The summed E-state index contributed by atoms with van der Waals surface area (Å²) in [4.78, 5) is 8.17. The first-order valence-corrected chi connectivity index (χ1v) is 4.47. The molecule has 2 heterocycles. The lowest BCUT2D eigenvalue weighted by molar-refractivity contribution is 0.180. The van der Waals surface area contributed by atoms with E-state index in [1.807, 2.05) is 0 Å². The van der Waals surface area contributed by atoms with Gasteiger partial charge in [-0.25, -0.2) is 0 Å². The van der Waals surface area contributed by atoms with Crippen molar-refractivity contribution in [1.82, 2.24) is 9.97 Å². The number of nitrogens with zero attached hydrogens (tertiary/aromatic N) is 2. The fourth-order valence-electron chi connectivity index (χ4n) is 1.56. The molecule has 0 aromatic carbocycles. The summed E-state index contributed by atoms with van der Waals surface area (Å²) in [5.74, 6) is 0.400. The summed E-state index contributed by atoms with van der Waals surface area (Å²) < 4.78 is 5.27. The van der Waals surface area contributed by atoms with Crippen molar-refractivity contribution in [1.29, 1.82) is 0 Å².